The number of nitrogen functional groups attached to an aromatic ring is 1. The van der Waals surface area contributed by atoms with Gasteiger partial charge in [0.2, 0.25) is 5.91 Å². The largest absolute Gasteiger partial charge is 0.463 e. The van der Waals surface area contributed by atoms with Gasteiger partial charge in [0.15, 0.2) is 0 Å². The Balaban J connectivity index is 1.68. The highest BCUT2D eigenvalue weighted by Crippen LogP contribution is 2.33. The van der Waals surface area contributed by atoms with Gasteiger partial charge in [-0.2, -0.15) is 9.97 Å². The summed E-state index contributed by atoms with van der Waals surface area (Å²) in [4.78, 5) is 22.8. The third kappa shape index (κ3) is 5.42. The number of nitrogens with two attached hydrogens (primary N) is 1. The number of hydrogen-bond acceptors (Lipinski definition) is 7. The standard InChI is InChI=1S/C21H29N5O3/c1-2-3-11-29-21-24-19(22)17-12-18(28)26(20(17)25-21)14-16-7-5-15(6-8-16)13-23-9-4-10-27/h5-8,23,27H,2-4,9-14H2,1H3,(H2,22,24,25). The summed E-state index contributed by atoms with van der Waals surface area (Å²) >= 11 is 0. The van der Waals surface area contributed by atoms with Crippen molar-refractivity contribution in [3.05, 3.63) is 41.0 Å². The summed E-state index contributed by atoms with van der Waals surface area (Å²) in [5.41, 5.74) is 8.88. The van der Waals surface area contributed by atoms with Gasteiger partial charge in [0.05, 0.1) is 19.6 Å². The minimum atomic E-state index is -0.0403. The van der Waals surface area contributed by atoms with Crippen LogP contribution in [0.5, 0.6) is 6.01 Å². The molecule has 0 unspecified atom stereocenters. The van der Waals surface area contributed by atoms with E-state index in [9.17, 15) is 4.79 Å². The lowest BCUT2D eigenvalue weighted by molar-refractivity contribution is -0.117. The number of benzene rings is 1. The van der Waals surface area contributed by atoms with Crippen molar-refractivity contribution in [2.75, 3.05) is 30.4 Å². The molecule has 0 spiro atoms. The Morgan fingerprint density at radius 2 is 1.97 bits per heavy atom. The summed E-state index contributed by atoms with van der Waals surface area (Å²) in [6, 6.07) is 8.32. The number of unbranched alkanes of at least 4 members (excludes halogenated alkanes) is 1. The first-order chi connectivity index (χ1) is 14.1. The van der Waals surface area contributed by atoms with Gasteiger partial charge in [-0.05, 0) is 30.5 Å². The number of nitrogens with zero attached hydrogens (tertiary/aromatic N) is 3. The molecule has 0 saturated carbocycles. The molecule has 0 aliphatic carbocycles. The Morgan fingerprint density at radius 3 is 2.69 bits per heavy atom. The summed E-state index contributed by atoms with van der Waals surface area (Å²) in [5, 5.41) is 12.1. The van der Waals surface area contributed by atoms with Gasteiger partial charge < -0.3 is 20.9 Å². The minimum absolute atomic E-state index is 0.0403. The zero-order valence-electron chi connectivity index (χ0n) is 16.9. The number of carbonyl (C=O) groups excluding carboxylic acids is 1. The number of carbonyl (C=O) groups is 1. The van der Waals surface area contributed by atoms with E-state index in [0.717, 1.165) is 43.5 Å². The summed E-state index contributed by atoms with van der Waals surface area (Å²) in [6.45, 7) is 4.75. The summed E-state index contributed by atoms with van der Waals surface area (Å²) in [5.74, 6) is 0.812. The molecule has 2 aromatic rings. The number of aliphatic hydroxyl groups is 1. The molecule has 156 valence electrons. The van der Waals surface area contributed by atoms with E-state index in [0.29, 0.717) is 30.4 Å². The second-order valence-corrected chi connectivity index (χ2v) is 7.12. The molecule has 3 rings (SSSR count). The zero-order chi connectivity index (χ0) is 20.6. The molecule has 0 fully saturated rings. The van der Waals surface area contributed by atoms with Gasteiger partial charge in [-0.15, -0.1) is 0 Å². The highest BCUT2D eigenvalue weighted by Gasteiger charge is 2.32. The molecule has 2 heterocycles. The van der Waals surface area contributed by atoms with Crippen LogP contribution < -0.4 is 20.7 Å². The van der Waals surface area contributed by atoms with E-state index in [1.165, 1.54) is 0 Å². The third-order valence-electron chi connectivity index (χ3n) is 4.81. The molecule has 0 radical (unpaired) electrons. The number of rotatable bonds is 11. The second kappa shape index (κ2) is 10.2. The van der Waals surface area contributed by atoms with Crippen molar-refractivity contribution in [3.8, 4) is 6.01 Å². The van der Waals surface area contributed by atoms with Crippen molar-refractivity contribution >= 4 is 17.5 Å². The van der Waals surface area contributed by atoms with E-state index in [4.69, 9.17) is 15.6 Å². The number of fused-ring (bicyclic) bond motifs is 1. The lowest BCUT2D eigenvalue weighted by atomic mass is 10.1. The maximum absolute atomic E-state index is 12.6. The summed E-state index contributed by atoms with van der Waals surface area (Å²) in [6.07, 6.45) is 2.87. The lowest BCUT2D eigenvalue weighted by Crippen LogP contribution is -2.26. The van der Waals surface area contributed by atoms with Crippen molar-refractivity contribution < 1.29 is 14.6 Å². The average molecular weight is 399 g/mol. The number of aliphatic hydroxyl groups excluding tert-OH is 1. The second-order valence-electron chi connectivity index (χ2n) is 7.12. The Bertz CT molecular complexity index is 826. The number of amides is 1. The fourth-order valence-corrected chi connectivity index (χ4v) is 3.14. The van der Waals surface area contributed by atoms with Crippen LogP contribution in [-0.2, 0) is 24.3 Å². The number of ether oxygens (including phenoxy) is 1. The first-order valence-corrected chi connectivity index (χ1v) is 10.1. The molecule has 1 aromatic carbocycles. The molecular weight excluding hydrogens is 370 g/mol. The van der Waals surface area contributed by atoms with E-state index in [2.05, 4.69) is 22.2 Å². The Morgan fingerprint density at radius 1 is 1.21 bits per heavy atom. The van der Waals surface area contributed by atoms with Gasteiger partial charge in [-0.1, -0.05) is 37.6 Å². The Kier molecular flexibility index (Phi) is 7.37. The topological polar surface area (TPSA) is 114 Å². The third-order valence-corrected chi connectivity index (χ3v) is 4.81. The lowest BCUT2D eigenvalue weighted by Gasteiger charge is -2.17. The molecule has 0 bridgehead atoms. The van der Waals surface area contributed by atoms with Crippen LogP contribution in [-0.4, -0.2) is 40.7 Å². The molecular formula is C21H29N5O3. The van der Waals surface area contributed by atoms with Crippen LogP contribution in [0.3, 0.4) is 0 Å². The Labute approximate surface area is 171 Å². The normalized spacial score (nSPS) is 13.0. The predicted octanol–water partition coefficient (Wildman–Crippen LogP) is 1.80. The van der Waals surface area contributed by atoms with Gasteiger partial charge in [0, 0.05) is 18.7 Å². The first-order valence-electron chi connectivity index (χ1n) is 10.1. The predicted molar refractivity (Wildman–Crippen MR) is 112 cm³/mol. The molecule has 1 amide bonds. The fraction of sp³-hybridized carbons (Fsp3) is 0.476. The van der Waals surface area contributed by atoms with Crippen LogP contribution in [0.2, 0.25) is 0 Å². The van der Waals surface area contributed by atoms with Gasteiger partial charge in [0.1, 0.15) is 11.6 Å². The van der Waals surface area contributed by atoms with E-state index >= 15 is 0 Å². The van der Waals surface area contributed by atoms with Crippen LogP contribution in [0.1, 0.15) is 42.9 Å². The zero-order valence-corrected chi connectivity index (χ0v) is 16.9. The van der Waals surface area contributed by atoms with Crippen molar-refractivity contribution in [3.63, 3.8) is 0 Å². The van der Waals surface area contributed by atoms with E-state index in [1.54, 1.807) is 4.90 Å². The molecule has 1 aliphatic rings. The van der Waals surface area contributed by atoms with Gasteiger partial charge in [-0.3, -0.25) is 9.69 Å². The number of nitrogens with one attached hydrogen (secondary N) is 1. The molecule has 4 N–H and O–H groups in total. The van der Waals surface area contributed by atoms with Crippen molar-refractivity contribution in [1.29, 1.82) is 0 Å². The van der Waals surface area contributed by atoms with Crippen LogP contribution >= 0.6 is 0 Å². The van der Waals surface area contributed by atoms with Gasteiger partial charge in [0.25, 0.3) is 0 Å². The number of anilines is 2. The van der Waals surface area contributed by atoms with Gasteiger partial charge >= 0.3 is 6.01 Å². The monoisotopic (exact) mass is 399 g/mol. The molecule has 1 aromatic heterocycles. The Hall–Kier alpha value is -2.71. The highest BCUT2D eigenvalue weighted by molar-refractivity contribution is 6.01. The quantitative estimate of drug-likeness (QED) is 0.494. The maximum Gasteiger partial charge on any atom is 0.320 e. The average Bonchev–Trinajstić information content (AvgIpc) is 3.03. The van der Waals surface area contributed by atoms with Crippen LogP contribution in [0, 0.1) is 0 Å². The van der Waals surface area contributed by atoms with Crippen molar-refractivity contribution in [1.82, 2.24) is 15.3 Å². The molecule has 8 heteroatoms. The number of hydrogen-bond donors (Lipinski definition) is 3. The van der Waals surface area contributed by atoms with E-state index in [-0.39, 0.29) is 24.9 Å². The first kappa shape index (κ1) is 21.0. The van der Waals surface area contributed by atoms with E-state index < -0.39 is 0 Å². The molecule has 0 saturated heterocycles. The van der Waals surface area contributed by atoms with Crippen molar-refractivity contribution in [2.24, 2.45) is 0 Å². The number of aromatic nitrogens is 2. The van der Waals surface area contributed by atoms with E-state index in [1.807, 2.05) is 24.3 Å². The van der Waals surface area contributed by atoms with Crippen molar-refractivity contribution in [2.45, 2.75) is 45.7 Å². The van der Waals surface area contributed by atoms with Gasteiger partial charge in [-0.25, -0.2) is 0 Å². The fourth-order valence-electron chi connectivity index (χ4n) is 3.14. The smallest absolute Gasteiger partial charge is 0.320 e. The molecule has 29 heavy (non-hydrogen) atoms. The SMILES string of the molecule is CCCCOc1nc(N)c2c(n1)N(Cc1ccc(CNCCCO)cc1)C(=O)C2. The van der Waals surface area contributed by atoms with Crippen LogP contribution in [0.15, 0.2) is 24.3 Å². The van der Waals surface area contributed by atoms with Crippen LogP contribution in [0.25, 0.3) is 0 Å². The summed E-state index contributed by atoms with van der Waals surface area (Å²) < 4.78 is 5.59. The molecule has 0 atom stereocenters. The maximum atomic E-state index is 12.6. The highest BCUT2D eigenvalue weighted by atomic mass is 16.5. The summed E-state index contributed by atoms with van der Waals surface area (Å²) in [7, 11) is 0. The molecule has 8 nitrogen and oxygen atoms in total. The molecule has 1 aliphatic heterocycles. The van der Waals surface area contributed by atoms with Crippen LogP contribution in [0.4, 0.5) is 11.6 Å². The minimum Gasteiger partial charge on any atom is -0.463 e.